The van der Waals surface area contributed by atoms with Crippen LogP contribution in [0.2, 0.25) is 0 Å². The quantitative estimate of drug-likeness (QED) is 0.655. The number of nitro benzene ring substituents is 1. The zero-order valence-corrected chi connectivity index (χ0v) is 11.1. The Morgan fingerprint density at radius 3 is 2.53 bits per heavy atom. The average Bonchev–Trinajstić information content (AvgIpc) is 2.61. The van der Waals surface area contributed by atoms with Crippen LogP contribution in [-0.2, 0) is 0 Å². The molecule has 2 N–H and O–H groups in total. The molecule has 2 aliphatic heterocycles. The summed E-state index contributed by atoms with van der Waals surface area (Å²) in [5.74, 6) is 0. The highest BCUT2D eigenvalue weighted by atomic mass is 16.6. The molecule has 3 rings (SSSR count). The first kappa shape index (κ1) is 12.4. The van der Waals surface area contributed by atoms with E-state index in [-0.39, 0.29) is 16.7 Å². The van der Waals surface area contributed by atoms with Gasteiger partial charge >= 0.3 is 0 Å². The van der Waals surface area contributed by atoms with Gasteiger partial charge in [0.15, 0.2) is 0 Å². The summed E-state index contributed by atoms with van der Waals surface area (Å²) in [5, 5.41) is 11.3. The Balaban J connectivity index is 2.06. The van der Waals surface area contributed by atoms with Gasteiger partial charge < -0.3 is 10.6 Å². The Kier molecular flexibility index (Phi) is 2.93. The molecule has 5 heteroatoms. The summed E-state index contributed by atoms with van der Waals surface area (Å²) in [7, 11) is 0. The Morgan fingerprint density at radius 1 is 1.32 bits per heavy atom. The zero-order chi connectivity index (χ0) is 13.6. The van der Waals surface area contributed by atoms with Crippen LogP contribution < -0.4 is 10.6 Å². The summed E-state index contributed by atoms with van der Waals surface area (Å²) in [6.07, 6.45) is 4.09. The summed E-state index contributed by atoms with van der Waals surface area (Å²) < 4.78 is 0. The fourth-order valence-corrected chi connectivity index (χ4v) is 3.71. The maximum absolute atomic E-state index is 11.3. The lowest BCUT2D eigenvalue weighted by Gasteiger charge is -2.39. The molecule has 2 heterocycles. The second-order valence-electron chi connectivity index (χ2n) is 5.72. The molecule has 0 amide bonds. The van der Waals surface area contributed by atoms with Crippen molar-refractivity contribution in [2.75, 3.05) is 4.90 Å². The van der Waals surface area contributed by atoms with E-state index in [1.807, 2.05) is 13.0 Å². The molecule has 2 saturated heterocycles. The predicted octanol–water partition coefficient (Wildman–Crippen LogP) is 2.36. The molecule has 0 aliphatic carbocycles. The number of nitrogens with two attached hydrogens (primary N) is 1. The molecule has 0 saturated carbocycles. The molecular formula is C14H19N3O2. The third kappa shape index (κ3) is 1.98. The molecule has 19 heavy (non-hydrogen) atoms. The van der Waals surface area contributed by atoms with Crippen molar-refractivity contribution < 1.29 is 4.92 Å². The number of hydrogen-bond donors (Lipinski definition) is 1. The highest BCUT2D eigenvalue weighted by Gasteiger charge is 2.42. The molecule has 102 valence electrons. The third-order valence-electron chi connectivity index (χ3n) is 4.44. The zero-order valence-electron chi connectivity index (χ0n) is 11.1. The molecule has 0 aromatic heterocycles. The van der Waals surface area contributed by atoms with E-state index in [0.717, 1.165) is 36.9 Å². The Morgan fingerprint density at radius 2 is 1.95 bits per heavy atom. The number of para-hydroxylation sites is 1. The maximum atomic E-state index is 11.3. The third-order valence-corrected chi connectivity index (χ3v) is 4.44. The van der Waals surface area contributed by atoms with Crippen LogP contribution in [-0.4, -0.2) is 23.0 Å². The SMILES string of the molecule is Cc1cccc([N+](=O)[O-])c1N1C2CCC1CC(N)C2. The summed E-state index contributed by atoms with van der Waals surface area (Å²) in [5.41, 5.74) is 8.10. The number of anilines is 1. The van der Waals surface area contributed by atoms with E-state index < -0.39 is 0 Å². The van der Waals surface area contributed by atoms with Crippen LogP contribution in [0.3, 0.4) is 0 Å². The minimum absolute atomic E-state index is 0.229. The van der Waals surface area contributed by atoms with Crippen molar-refractivity contribution >= 4 is 11.4 Å². The molecule has 2 unspecified atom stereocenters. The Bertz CT molecular complexity index is 503. The van der Waals surface area contributed by atoms with Gasteiger partial charge in [0.2, 0.25) is 0 Å². The lowest BCUT2D eigenvalue weighted by atomic mass is 9.96. The first-order valence-electron chi connectivity index (χ1n) is 6.86. The standard InChI is InChI=1S/C14H19N3O2/c1-9-3-2-4-13(17(18)19)14(9)16-11-5-6-12(16)8-10(15)7-11/h2-4,10-12H,5-8,15H2,1H3. The highest BCUT2D eigenvalue weighted by molar-refractivity contribution is 5.69. The number of nitro groups is 1. The molecule has 0 radical (unpaired) electrons. The van der Waals surface area contributed by atoms with Gasteiger partial charge in [0, 0.05) is 24.2 Å². The van der Waals surface area contributed by atoms with Gasteiger partial charge in [0.05, 0.1) is 4.92 Å². The van der Waals surface area contributed by atoms with Crippen molar-refractivity contribution in [1.29, 1.82) is 0 Å². The normalized spacial score (nSPS) is 29.6. The minimum Gasteiger partial charge on any atom is -0.360 e. The van der Waals surface area contributed by atoms with Gasteiger partial charge in [-0.15, -0.1) is 0 Å². The Labute approximate surface area is 112 Å². The van der Waals surface area contributed by atoms with Gasteiger partial charge in [0.25, 0.3) is 5.69 Å². The number of aryl methyl sites for hydroxylation is 1. The smallest absolute Gasteiger partial charge is 0.292 e. The largest absolute Gasteiger partial charge is 0.360 e. The summed E-state index contributed by atoms with van der Waals surface area (Å²) in [6.45, 7) is 1.95. The van der Waals surface area contributed by atoms with E-state index in [2.05, 4.69) is 4.90 Å². The van der Waals surface area contributed by atoms with Gasteiger partial charge in [-0.25, -0.2) is 0 Å². The minimum atomic E-state index is -0.268. The fraction of sp³-hybridized carbons (Fsp3) is 0.571. The number of nitrogens with zero attached hydrogens (tertiary/aromatic N) is 2. The van der Waals surface area contributed by atoms with Crippen molar-refractivity contribution in [3.8, 4) is 0 Å². The molecule has 2 bridgehead atoms. The van der Waals surface area contributed by atoms with E-state index in [9.17, 15) is 10.1 Å². The molecular weight excluding hydrogens is 242 g/mol. The lowest BCUT2D eigenvalue weighted by Crippen LogP contribution is -2.48. The van der Waals surface area contributed by atoms with Crippen molar-refractivity contribution in [2.24, 2.45) is 5.73 Å². The van der Waals surface area contributed by atoms with E-state index >= 15 is 0 Å². The number of fused-ring (bicyclic) bond motifs is 2. The van der Waals surface area contributed by atoms with Crippen LogP contribution >= 0.6 is 0 Å². The van der Waals surface area contributed by atoms with Crippen LogP contribution in [0.5, 0.6) is 0 Å². The number of benzene rings is 1. The second kappa shape index (κ2) is 4.49. The summed E-state index contributed by atoms with van der Waals surface area (Å²) >= 11 is 0. The van der Waals surface area contributed by atoms with Crippen LogP contribution in [0, 0.1) is 17.0 Å². The molecule has 2 fully saturated rings. The average molecular weight is 261 g/mol. The van der Waals surface area contributed by atoms with Gasteiger partial charge in [-0.3, -0.25) is 10.1 Å². The second-order valence-corrected chi connectivity index (χ2v) is 5.72. The fourth-order valence-electron chi connectivity index (χ4n) is 3.71. The first-order chi connectivity index (χ1) is 9.08. The van der Waals surface area contributed by atoms with Crippen LogP contribution in [0.15, 0.2) is 18.2 Å². The first-order valence-corrected chi connectivity index (χ1v) is 6.86. The number of piperidine rings is 1. The lowest BCUT2D eigenvalue weighted by molar-refractivity contribution is -0.384. The van der Waals surface area contributed by atoms with Crippen molar-refractivity contribution in [3.63, 3.8) is 0 Å². The Hall–Kier alpha value is -1.62. The van der Waals surface area contributed by atoms with Crippen LogP contribution in [0.25, 0.3) is 0 Å². The number of rotatable bonds is 2. The van der Waals surface area contributed by atoms with Gasteiger partial charge in [-0.1, -0.05) is 12.1 Å². The van der Waals surface area contributed by atoms with E-state index in [1.54, 1.807) is 12.1 Å². The number of hydrogen-bond acceptors (Lipinski definition) is 4. The maximum Gasteiger partial charge on any atom is 0.292 e. The van der Waals surface area contributed by atoms with E-state index in [4.69, 9.17) is 5.73 Å². The van der Waals surface area contributed by atoms with Gasteiger partial charge in [0.1, 0.15) is 5.69 Å². The molecule has 1 aromatic rings. The molecule has 5 nitrogen and oxygen atoms in total. The molecule has 1 aromatic carbocycles. The van der Waals surface area contributed by atoms with E-state index in [1.165, 1.54) is 0 Å². The highest BCUT2D eigenvalue weighted by Crippen LogP contribution is 2.43. The van der Waals surface area contributed by atoms with Gasteiger partial charge in [-0.05, 0) is 38.2 Å². The van der Waals surface area contributed by atoms with Crippen LogP contribution in [0.1, 0.15) is 31.2 Å². The summed E-state index contributed by atoms with van der Waals surface area (Å²) in [6, 6.07) is 6.31. The van der Waals surface area contributed by atoms with Crippen LogP contribution in [0.4, 0.5) is 11.4 Å². The van der Waals surface area contributed by atoms with Gasteiger partial charge in [-0.2, -0.15) is 0 Å². The van der Waals surface area contributed by atoms with E-state index in [0.29, 0.717) is 12.1 Å². The van der Waals surface area contributed by atoms with Crippen molar-refractivity contribution in [3.05, 3.63) is 33.9 Å². The monoisotopic (exact) mass is 261 g/mol. The molecule has 2 atom stereocenters. The summed E-state index contributed by atoms with van der Waals surface area (Å²) in [4.78, 5) is 13.3. The van der Waals surface area contributed by atoms with Crippen molar-refractivity contribution in [1.82, 2.24) is 0 Å². The molecule has 2 aliphatic rings. The molecule has 0 spiro atoms. The topological polar surface area (TPSA) is 72.4 Å². The van der Waals surface area contributed by atoms with Crippen molar-refractivity contribution in [2.45, 2.75) is 50.7 Å². The predicted molar refractivity (Wildman–Crippen MR) is 74.3 cm³/mol.